The zero-order chi connectivity index (χ0) is 16.5. The molecule has 0 bridgehead atoms. The lowest BCUT2D eigenvalue weighted by molar-refractivity contribution is -0.137. The quantitative estimate of drug-likeness (QED) is 0.843. The van der Waals surface area contributed by atoms with Gasteiger partial charge in [0.05, 0.1) is 17.2 Å². The average molecular weight is 311 g/mol. The Labute approximate surface area is 126 Å². The fraction of sp³-hybridized carbons (Fsp3) is 0.467. The van der Waals surface area contributed by atoms with Crippen LogP contribution in [-0.2, 0) is 11.0 Å². The van der Waals surface area contributed by atoms with Gasteiger partial charge in [0.15, 0.2) is 0 Å². The van der Waals surface area contributed by atoms with E-state index >= 15 is 0 Å². The van der Waals surface area contributed by atoms with Crippen molar-refractivity contribution < 1.29 is 18.0 Å². The number of carbonyl (C=O) groups is 1. The topological polar surface area (TPSA) is 47.3 Å². The smallest absolute Gasteiger partial charge is 0.360 e. The molecule has 0 saturated carbocycles. The first kappa shape index (κ1) is 16.1. The van der Waals surface area contributed by atoms with Crippen molar-refractivity contribution in [2.24, 2.45) is 0 Å². The third kappa shape index (κ3) is 3.01. The lowest BCUT2D eigenvalue weighted by atomic mass is 10.1. The Morgan fingerprint density at radius 2 is 2.09 bits per heavy atom. The van der Waals surface area contributed by atoms with Crippen LogP contribution in [0.15, 0.2) is 18.2 Å². The van der Waals surface area contributed by atoms with Crippen LogP contribution in [-0.4, -0.2) is 37.5 Å². The van der Waals surface area contributed by atoms with Crippen molar-refractivity contribution in [1.29, 1.82) is 5.26 Å². The number of hydrogen-bond donors (Lipinski definition) is 0. The summed E-state index contributed by atoms with van der Waals surface area (Å²) < 4.78 is 39.1. The van der Waals surface area contributed by atoms with E-state index < -0.39 is 23.3 Å². The maximum atomic E-state index is 13.0. The Bertz CT molecular complexity index is 619. The summed E-state index contributed by atoms with van der Waals surface area (Å²) in [6, 6.07) is 4.69. The van der Waals surface area contributed by atoms with E-state index in [4.69, 9.17) is 5.26 Å². The molecular formula is C15H16F3N3O. The van der Waals surface area contributed by atoms with Crippen LogP contribution in [0.1, 0.15) is 24.0 Å². The molecule has 1 aromatic carbocycles. The highest BCUT2D eigenvalue weighted by Gasteiger charge is 2.36. The van der Waals surface area contributed by atoms with Crippen LogP contribution in [0.2, 0.25) is 0 Å². The highest BCUT2D eigenvalue weighted by molar-refractivity contribution is 5.85. The minimum atomic E-state index is -4.60. The molecular weight excluding hydrogens is 295 g/mol. The maximum absolute atomic E-state index is 13.0. The number of nitriles is 1. The molecule has 0 N–H and O–H groups in total. The molecule has 118 valence electrons. The van der Waals surface area contributed by atoms with Crippen molar-refractivity contribution in [2.75, 3.05) is 25.5 Å². The van der Waals surface area contributed by atoms with Crippen LogP contribution in [0, 0.1) is 11.3 Å². The summed E-state index contributed by atoms with van der Waals surface area (Å²) in [5.74, 6) is -0.129. The van der Waals surface area contributed by atoms with Crippen molar-refractivity contribution in [1.82, 2.24) is 4.90 Å². The number of alkyl halides is 3. The van der Waals surface area contributed by atoms with Gasteiger partial charge < -0.3 is 9.80 Å². The number of nitrogens with zero attached hydrogens (tertiary/aromatic N) is 3. The summed E-state index contributed by atoms with van der Waals surface area (Å²) in [5.41, 5.74) is -1.05. The van der Waals surface area contributed by atoms with Gasteiger partial charge in [0.25, 0.3) is 0 Å². The number of anilines is 1. The molecule has 1 aliphatic heterocycles. The second-order valence-corrected chi connectivity index (χ2v) is 5.42. The van der Waals surface area contributed by atoms with Crippen LogP contribution in [0.4, 0.5) is 18.9 Å². The Balaban J connectivity index is 2.41. The molecule has 0 unspecified atom stereocenters. The van der Waals surface area contributed by atoms with Crippen molar-refractivity contribution in [2.45, 2.75) is 25.1 Å². The van der Waals surface area contributed by atoms with Crippen LogP contribution in [0.25, 0.3) is 0 Å². The summed E-state index contributed by atoms with van der Waals surface area (Å²) >= 11 is 0. The Morgan fingerprint density at radius 3 is 2.64 bits per heavy atom. The van der Waals surface area contributed by atoms with Gasteiger partial charge in [0.2, 0.25) is 5.91 Å². The van der Waals surface area contributed by atoms with Crippen molar-refractivity contribution in [3.05, 3.63) is 29.3 Å². The van der Waals surface area contributed by atoms with Gasteiger partial charge >= 0.3 is 6.18 Å². The monoisotopic (exact) mass is 311 g/mol. The molecule has 1 atom stereocenters. The Hall–Kier alpha value is -2.23. The molecule has 0 radical (unpaired) electrons. The van der Waals surface area contributed by atoms with E-state index in [1.54, 1.807) is 25.1 Å². The summed E-state index contributed by atoms with van der Waals surface area (Å²) in [6.45, 7) is 0.521. The molecule has 0 aromatic heterocycles. The summed E-state index contributed by atoms with van der Waals surface area (Å²) in [7, 11) is 3.25. The molecule has 7 heteroatoms. The SMILES string of the molecule is CN(C)C(=O)[C@H]1CCCN1c1ccc(C#N)c(C(F)(F)F)c1. The lowest BCUT2D eigenvalue weighted by Gasteiger charge is -2.28. The number of amides is 1. The number of benzene rings is 1. The van der Waals surface area contributed by atoms with Crippen molar-refractivity contribution in [3.8, 4) is 6.07 Å². The molecule has 1 saturated heterocycles. The van der Waals surface area contributed by atoms with Gasteiger partial charge in [-0.1, -0.05) is 0 Å². The van der Waals surface area contributed by atoms with E-state index in [0.29, 0.717) is 18.7 Å². The van der Waals surface area contributed by atoms with Gasteiger partial charge in [-0.15, -0.1) is 0 Å². The third-order valence-electron chi connectivity index (χ3n) is 3.74. The van der Waals surface area contributed by atoms with Crippen LogP contribution >= 0.6 is 0 Å². The zero-order valence-corrected chi connectivity index (χ0v) is 12.3. The molecule has 0 aliphatic carbocycles. The van der Waals surface area contributed by atoms with E-state index in [0.717, 1.165) is 18.6 Å². The molecule has 1 fully saturated rings. The fourth-order valence-electron chi connectivity index (χ4n) is 2.67. The highest BCUT2D eigenvalue weighted by Crippen LogP contribution is 2.36. The summed E-state index contributed by atoms with van der Waals surface area (Å²) in [5, 5.41) is 8.83. The molecule has 4 nitrogen and oxygen atoms in total. The number of hydrogen-bond acceptors (Lipinski definition) is 3. The lowest BCUT2D eigenvalue weighted by Crippen LogP contribution is -2.42. The largest absolute Gasteiger partial charge is 0.417 e. The molecule has 0 spiro atoms. The van der Waals surface area contributed by atoms with Gasteiger partial charge in [-0.2, -0.15) is 18.4 Å². The average Bonchev–Trinajstić information content (AvgIpc) is 2.93. The normalized spacial score (nSPS) is 18.2. The second kappa shape index (κ2) is 5.87. The van der Waals surface area contributed by atoms with Crippen molar-refractivity contribution >= 4 is 11.6 Å². The van der Waals surface area contributed by atoms with Gasteiger partial charge in [0, 0.05) is 26.3 Å². The first-order valence-electron chi connectivity index (χ1n) is 6.85. The van der Waals surface area contributed by atoms with Gasteiger partial charge in [-0.05, 0) is 31.0 Å². The Kier molecular flexibility index (Phi) is 4.31. The molecule has 2 rings (SSSR count). The first-order valence-corrected chi connectivity index (χ1v) is 6.85. The summed E-state index contributed by atoms with van der Waals surface area (Å²) in [4.78, 5) is 15.3. The minimum absolute atomic E-state index is 0.129. The predicted molar refractivity (Wildman–Crippen MR) is 75.2 cm³/mol. The number of carbonyl (C=O) groups excluding carboxylic acids is 1. The van der Waals surface area contributed by atoms with E-state index in [9.17, 15) is 18.0 Å². The van der Waals surface area contributed by atoms with Gasteiger partial charge in [-0.3, -0.25) is 4.79 Å². The van der Waals surface area contributed by atoms with Crippen LogP contribution in [0.3, 0.4) is 0 Å². The number of rotatable bonds is 2. The molecule has 22 heavy (non-hydrogen) atoms. The maximum Gasteiger partial charge on any atom is 0.417 e. The summed E-state index contributed by atoms with van der Waals surface area (Å²) in [6.07, 6.45) is -3.24. The van der Waals surface area contributed by atoms with Crippen LogP contribution < -0.4 is 4.90 Å². The Morgan fingerprint density at radius 1 is 1.41 bits per heavy atom. The third-order valence-corrected chi connectivity index (χ3v) is 3.74. The molecule has 1 amide bonds. The van der Waals surface area contributed by atoms with E-state index in [1.165, 1.54) is 11.0 Å². The van der Waals surface area contributed by atoms with Crippen molar-refractivity contribution in [3.63, 3.8) is 0 Å². The second-order valence-electron chi connectivity index (χ2n) is 5.42. The predicted octanol–water partition coefficient (Wildman–Crippen LogP) is 2.63. The van der Waals surface area contributed by atoms with E-state index in [1.807, 2.05) is 0 Å². The zero-order valence-electron chi connectivity index (χ0n) is 12.3. The molecule has 1 aliphatic rings. The van der Waals surface area contributed by atoms with Gasteiger partial charge in [0.1, 0.15) is 6.04 Å². The molecule has 1 aromatic rings. The number of likely N-dealkylation sites (N-methyl/N-ethyl adjacent to an activating group) is 1. The number of halogens is 3. The van der Waals surface area contributed by atoms with Gasteiger partial charge in [-0.25, -0.2) is 0 Å². The first-order chi connectivity index (χ1) is 10.3. The minimum Gasteiger partial charge on any atom is -0.360 e. The van der Waals surface area contributed by atoms with E-state index in [-0.39, 0.29) is 5.91 Å². The van der Waals surface area contributed by atoms with E-state index in [2.05, 4.69) is 0 Å². The standard InChI is InChI=1S/C15H16F3N3O/c1-20(2)14(22)13-4-3-7-21(13)11-6-5-10(9-19)12(8-11)15(16,17)18/h5-6,8,13H,3-4,7H2,1-2H3/t13-/m1/s1. The van der Waals surface area contributed by atoms with Crippen LogP contribution in [0.5, 0.6) is 0 Å². The fourth-order valence-corrected chi connectivity index (χ4v) is 2.67. The molecule has 1 heterocycles. The highest BCUT2D eigenvalue weighted by atomic mass is 19.4.